The number of rotatable bonds is 6. The maximum absolute atomic E-state index is 13.4. The number of nitrogens with one attached hydrogen (secondary N) is 1. The zero-order valence-electron chi connectivity index (χ0n) is 20.3. The molecule has 4 aromatic rings. The van der Waals surface area contributed by atoms with Crippen LogP contribution in [0, 0.1) is 0 Å². The van der Waals surface area contributed by atoms with Crippen LogP contribution in [0.3, 0.4) is 0 Å². The molecule has 13 nitrogen and oxygen atoms in total. The Hall–Kier alpha value is -4.49. The van der Waals surface area contributed by atoms with Gasteiger partial charge in [0, 0.05) is 36.3 Å². The Morgan fingerprint density at radius 2 is 2.11 bits per heavy atom. The second-order valence-corrected chi connectivity index (χ2v) is 9.11. The number of benzene rings is 1. The number of morpholine rings is 1. The smallest absolute Gasteiger partial charge is 0.260 e. The predicted molar refractivity (Wildman–Crippen MR) is 132 cm³/mol. The molecular formula is C24H25N7O6. The van der Waals surface area contributed by atoms with E-state index in [1.165, 1.54) is 18.1 Å². The van der Waals surface area contributed by atoms with Crippen LogP contribution in [-0.4, -0.2) is 68.3 Å². The second-order valence-electron chi connectivity index (χ2n) is 9.11. The summed E-state index contributed by atoms with van der Waals surface area (Å²) in [6.45, 7) is 3.69. The lowest BCUT2D eigenvalue weighted by Crippen LogP contribution is -2.61. The minimum Gasteiger partial charge on any atom is -0.481 e. The van der Waals surface area contributed by atoms with E-state index in [4.69, 9.17) is 19.7 Å². The van der Waals surface area contributed by atoms with Crippen LogP contribution in [0.15, 0.2) is 53.3 Å². The van der Waals surface area contributed by atoms with Crippen molar-refractivity contribution in [1.82, 2.24) is 19.9 Å². The number of methoxy groups -OCH3 is 1. The number of amides is 2. The number of anilines is 3. The van der Waals surface area contributed by atoms with Gasteiger partial charge in [-0.3, -0.25) is 14.5 Å². The van der Waals surface area contributed by atoms with E-state index in [9.17, 15) is 14.7 Å². The van der Waals surface area contributed by atoms with Crippen LogP contribution >= 0.6 is 0 Å². The summed E-state index contributed by atoms with van der Waals surface area (Å²) in [7, 11) is 1.51. The number of ether oxygens (including phenoxy) is 2. The second kappa shape index (κ2) is 9.19. The Morgan fingerprint density at radius 3 is 2.89 bits per heavy atom. The van der Waals surface area contributed by atoms with Gasteiger partial charge in [-0.25, -0.2) is 9.67 Å². The molecule has 0 radical (unpaired) electrons. The number of aromatic nitrogens is 4. The predicted octanol–water partition coefficient (Wildman–Crippen LogP) is 1.51. The summed E-state index contributed by atoms with van der Waals surface area (Å²) in [6.07, 6.45) is 0.0133. The number of nitrogen functional groups attached to an aromatic ring is 1. The van der Waals surface area contributed by atoms with E-state index in [0.29, 0.717) is 34.0 Å². The highest BCUT2D eigenvalue weighted by Gasteiger charge is 2.46. The number of nitrogens with zero attached hydrogens (tertiary/aromatic N) is 5. The van der Waals surface area contributed by atoms with Crippen LogP contribution < -0.4 is 20.7 Å². The van der Waals surface area contributed by atoms with Gasteiger partial charge in [0.05, 0.1) is 30.3 Å². The minimum absolute atomic E-state index is 0.164. The van der Waals surface area contributed by atoms with Gasteiger partial charge in [-0.1, -0.05) is 5.16 Å². The van der Waals surface area contributed by atoms with Crippen molar-refractivity contribution in [2.45, 2.75) is 31.7 Å². The molecule has 0 saturated carbocycles. The molecule has 1 aromatic carbocycles. The molecule has 1 aliphatic rings. The van der Waals surface area contributed by atoms with Gasteiger partial charge in [-0.15, -0.1) is 5.10 Å². The van der Waals surface area contributed by atoms with Crippen molar-refractivity contribution in [3.8, 4) is 11.6 Å². The van der Waals surface area contributed by atoms with Gasteiger partial charge in [0.1, 0.15) is 0 Å². The number of hydrogen-bond donors (Lipinski definition) is 3. The number of hydrogen-bond acceptors (Lipinski definition) is 10. The van der Waals surface area contributed by atoms with Gasteiger partial charge in [0.15, 0.2) is 29.4 Å². The molecule has 0 unspecified atom stereocenters. The maximum atomic E-state index is 13.4. The van der Waals surface area contributed by atoms with Crippen molar-refractivity contribution >= 4 is 40.1 Å². The number of fused-ring (bicyclic) bond motifs is 1. The molecule has 37 heavy (non-hydrogen) atoms. The first-order chi connectivity index (χ1) is 17.6. The third kappa shape index (κ3) is 4.69. The average molecular weight is 508 g/mol. The Labute approximate surface area is 210 Å². The van der Waals surface area contributed by atoms with Crippen LogP contribution in [0.5, 0.6) is 5.88 Å². The first kappa shape index (κ1) is 24.2. The quantitative estimate of drug-likeness (QED) is 0.347. The normalized spacial score (nSPS) is 18.1. The first-order valence-electron chi connectivity index (χ1n) is 11.3. The van der Waals surface area contributed by atoms with E-state index in [1.54, 1.807) is 61.3 Å². The standard InChI is InChI=1S/C24H25N7O6/c1-24(2)12-30(17-7-9-31(28-17)14-6-8-26-18(11-14)35-3)23(34)20(36-24)19(32)22(33)27-13-4-5-15-16(10-13)37-29-21(15)25/h4-11,19-20,32H,12H2,1-3H3,(H2,25,29)(H,27,33)/t19-,20-/m1/s1. The molecule has 0 aliphatic carbocycles. The molecule has 5 rings (SSSR count). The molecule has 192 valence electrons. The van der Waals surface area contributed by atoms with E-state index >= 15 is 0 Å². The van der Waals surface area contributed by atoms with Gasteiger partial charge in [-0.2, -0.15) is 0 Å². The highest BCUT2D eigenvalue weighted by molar-refractivity contribution is 6.04. The van der Waals surface area contributed by atoms with Crippen LogP contribution in [0.4, 0.5) is 17.3 Å². The molecule has 4 heterocycles. The van der Waals surface area contributed by atoms with Crippen molar-refractivity contribution in [2.75, 3.05) is 29.6 Å². The van der Waals surface area contributed by atoms with E-state index < -0.39 is 29.6 Å². The third-order valence-corrected chi connectivity index (χ3v) is 5.86. The fraction of sp³-hybridized carbons (Fsp3) is 0.292. The first-order valence-corrected chi connectivity index (χ1v) is 11.3. The SMILES string of the molecule is COc1cc(-n2ccc(N3CC(C)(C)O[C@H]([C@@H](O)C(=O)Nc4ccc5c(N)noc5c4)C3=O)n2)ccn1. The number of aliphatic hydroxyl groups is 1. The number of carbonyl (C=O) groups is 2. The van der Waals surface area contributed by atoms with Crippen molar-refractivity contribution < 1.29 is 28.7 Å². The molecule has 0 bridgehead atoms. The summed E-state index contributed by atoms with van der Waals surface area (Å²) in [5.74, 6) is -0.446. The number of pyridine rings is 1. The number of nitrogens with two attached hydrogens (primary N) is 1. The average Bonchev–Trinajstić information content (AvgIpc) is 3.52. The van der Waals surface area contributed by atoms with E-state index in [-0.39, 0.29) is 12.4 Å². The van der Waals surface area contributed by atoms with E-state index in [0.717, 1.165) is 0 Å². The topological polar surface area (TPSA) is 171 Å². The Morgan fingerprint density at radius 1 is 1.30 bits per heavy atom. The van der Waals surface area contributed by atoms with Crippen molar-refractivity contribution in [1.29, 1.82) is 0 Å². The summed E-state index contributed by atoms with van der Waals surface area (Å²) < 4.78 is 17.7. The lowest BCUT2D eigenvalue weighted by atomic mass is 10.0. The Bertz CT molecular complexity index is 1480. The number of aliphatic hydroxyl groups excluding tert-OH is 1. The highest BCUT2D eigenvalue weighted by Crippen LogP contribution is 2.29. The van der Waals surface area contributed by atoms with Crippen LogP contribution in [0.1, 0.15) is 13.8 Å². The lowest BCUT2D eigenvalue weighted by Gasteiger charge is -2.42. The summed E-state index contributed by atoms with van der Waals surface area (Å²) in [4.78, 5) is 31.7. The molecule has 2 atom stereocenters. The van der Waals surface area contributed by atoms with E-state index in [1.807, 2.05) is 0 Å². The third-order valence-electron chi connectivity index (χ3n) is 5.86. The summed E-state index contributed by atoms with van der Waals surface area (Å²) >= 11 is 0. The van der Waals surface area contributed by atoms with Crippen LogP contribution in [-0.2, 0) is 14.3 Å². The summed E-state index contributed by atoms with van der Waals surface area (Å²) in [5, 5.41) is 22.2. The van der Waals surface area contributed by atoms with Crippen molar-refractivity contribution in [2.24, 2.45) is 0 Å². The highest BCUT2D eigenvalue weighted by atomic mass is 16.5. The van der Waals surface area contributed by atoms with E-state index in [2.05, 4.69) is 20.6 Å². The lowest BCUT2D eigenvalue weighted by molar-refractivity contribution is -0.169. The molecule has 4 N–H and O–H groups in total. The monoisotopic (exact) mass is 507 g/mol. The van der Waals surface area contributed by atoms with Crippen molar-refractivity contribution in [3.05, 3.63) is 48.8 Å². The fourth-order valence-electron chi connectivity index (χ4n) is 4.08. The van der Waals surface area contributed by atoms with Gasteiger partial charge in [0.25, 0.3) is 11.8 Å². The molecule has 2 amide bonds. The van der Waals surface area contributed by atoms with Gasteiger partial charge in [-0.05, 0) is 32.0 Å². The molecular weight excluding hydrogens is 482 g/mol. The molecule has 1 aliphatic heterocycles. The van der Waals surface area contributed by atoms with Gasteiger partial charge < -0.3 is 30.2 Å². The molecule has 13 heteroatoms. The summed E-state index contributed by atoms with van der Waals surface area (Å²) in [5.41, 5.74) is 6.22. The minimum atomic E-state index is -1.79. The fourth-order valence-corrected chi connectivity index (χ4v) is 4.08. The molecule has 1 fully saturated rings. The van der Waals surface area contributed by atoms with Crippen LogP contribution in [0.25, 0.3) is 16.7 Å². The summed E-state index contributed by atoms with van der Waals surface area (Å²) in [6, 6.07) is 9.83. The maximum Gasteiger partial charge on any atom is 0.260 e. The Kier molecular flexibility index (Phi) is 6.01. The van der Waals surface area contributed by atoms with Gasteiger partial charge >= 0.3 is 0 Å². The van der Waals surface area contributed by atoms with Crippen LogP contribution in [0.2, 0.25) is 0 Å². The molecule has 0 spiro atoms. The zero-order chi connectivity index (χ0) is 26.3. The van der Waals surface area contributed by atoms with Crippen molar-refractivity contribution in [3.63, 3.8) is 0 Å². The molecule has 1 saturated heterocycles. The molecule has 3 aromatic heterocycles. The largest absolute Gasteiger partial charge is 0.481 e. The van der Waals surface area contributed by atoms with Gasteiger partial charge in [0.2, 0.25) is 5.88 Å². The zero-order valence-corrected chi connectivity index (χ0v) is 20.3. The Balaban J connectivity index is 1.36. The number of carbonyl (C=O) groups excluding carboxylic acids is 2.